The van der Waals surface area contributed by atoms with Crippen molar-refractivity contribution in [3.63, 3.8) is 0 Å². The van der Waals surface area contributed by atoms with E-state index in [4.69, 9.17) is 39.5 Å². The van der Waals surface area contributed by atoms with Gasteiger partial charge in [0, 0.05) is 72.1 Å². The van der Waals surface area contributed by atoms with Crippen molar-refractivity contribution < 1.29 is 50.7 Å². The fourth-order valence-corrected chi connectivity index (χ4v) is 12.3. The van der Waals surface area contributed by atoms with Crippen LogP contribution >= 0.6 is 0 Å². The summed E-state index contributed by atoms with van der Waals surface area (Å²) < 4.78 is 74.4. The van der Waals surface area contributed by atoms with Gasteiger partial charge in [-0.25, -0.2) is 36.0 Å². The lowest BCUT2D eigenvalue weighted by atomic mass is 10.00. The zero-order chi connectivity index (χ0) is 72.6. The molecule has 2 unspecified atom stereocenters. The smallest absolute Gasteiger partial charge is 0.283 e. The molecule has 0 bridgehead atoms. The lowest BCUT2D eigenvalue weighted by Gasteiger charge is -2.20. The number of nitrogen functional groups attached to an aromatic ring is 3. The highest BCUT2D eigenvalue weighted by molar-refractivity contribution is 6.05. The Morgan fingerprint density at radius 1 is 0.520 bits per heavy atom. The van der Waals surface area contributed by atoms with E-state index in [1.54, 1.807) is 91.0 Å². The van der Waals surface area contributed by atoms with Crippen LogP contribution < -0.4 is 50.4 Å². The zero-order valence-electron chi connectivity index (χ0n) is 56.4. The molecule has 0 spiro atoms. The highest BCUT2D eigenvalue weighted by Crippen LogP contribution is 2.42. The van der Waals surface area contributed by atoms with Crippen LogP contribution in [-0.4, -0.2) is 94.7 Å². The number of amides is 6. The van der Waals surface area contributed by atoms with Gasteiger partial charge in [0.15, 0.2) is 0 Å². The predicted molar refractivity (Wildman–Crippen MR) is 372 cm³/mol. The molecule has 1 saturated carbocycles. The van der Waals surface area contributed by atoms with Crippen molar-refractivity contribution in [2.24, 2.45) is 23.1 Å². The quantitative estimate of drug-likeness (QED) is 0.0321. The van der Waals surface area contributed by atoms with Crippen molar-refractivity contribution in [2.75, 3.05) is 30.3 Å². The van der Waals surface area contributed by atoms with Gasteiger partial charge in [-0.3, -0.25) is 33.7 Å². The first-order valence-electron chi connectivity index (χ1n) is 32.5. The van der Waals surface area contributed by atoms with Gasteiger partial charge in [-0.2, -0.15) is 15.3 Å². The number of aromatic nitrogens is 6. The number of likely N-dealkylation sites (tertiary alicyclic amines) is 1. The summed E-state index contributed by atoms with van der Waals surface area (Å²) in [7, 11) is 0. The minimum Gasteiger partial charge on any atom is -0.383 e. The number of nitrogens with zero attached hydrogens (tertiary/aromatic N) is 7. The maximum absolute atomic E-state index is 14.9. The van der Waals surface area contributed by atoms with E-state index in [-0.39, 0.29) is 89.7 Å². The van der Waals surface area contributed by atoms with Crippen molar-refractivity contribution in [1.29, 1.82) is 0 Å². The van der Waals surface area contributed by atoms with Gasteiger partial charge >= 0.3 is 0 Å². The maximum Gasteiger partial charge on any atom is 0.283 e. The van der Waals surface area contributed by atoms with Crippen molar-refractivity contribution in [2.45, 2.75) is 124 Å². The highest BCUT2D eigenvalue weighted by atomic mass is 19.3. The summed E-state index contributed by atoms with van der Waals surface area (Å²) in [5.41, 5.74) is 43.5. The van der Waals surface area contributed by atoms with Gasteiger partial charge in [-0.15, -0.1) is 0 Å². The van der Waals surface area contributed by atoms with Gasteiger partial charge in [-0.05, 0) is 137 Å². The van der Waals surface area contributed by atoms with Crippen LogP contribution in [0.25, 0.3) is 33.8 Å². The number of benzene rings is 6. The van der Waals surface area contributed by atoms with E-state index in [1.807, 2.05) is 45.0 Å². The Hall–Kier alpha value is -11.2. The second kappa shape index (κ2) is 31.1. The van der Waals surface area contributed by atoms with Gasteiger partial charge in [0.1, 0.15) is 74.7 Å². The zero-order valence-corrected chi connectivity index (χ0v) is 56.4. The largest absolute Gasteiger partial charge is 0.383 e. The van der Waals surface area contributed by atoms with Crippen LogP contribution in [0.1, 0.15) is 161 Å². The molecule has 3 aromatic heterocycles. The number of alkyl halides is 2. The monoisotopic (exact) mass is 1370 g/mol. The summed E-state index contributed by atoms with van der Waals surface area (Å²) in [6, 6.07) is 32.0. The number of carbonyl (C=O) groups excluding carboxylic acids is 6. The molecule has 1 aliphatic carbocycles. The van der Waals surface area contributed by atoms with Gasteiger partial charge in [0.05, 0.1) is 12.6 Å². The third kappa shape index (κ3) is 16.5. The van der Waals surface area contributed by atoms with Crippen LogP contribution in [0.3, 0.4) is 0 Å². The number of halogens is 5. The number of rotatable bonds is 20. The molecule has 27 heteroatoms. The number of carbonyl (C=O) groups is 6. The number of nitrogens with one attached hydrogen (secondary N) is 3. The Balaban J connectivity index is 0.000000176. The first-order chi connectivity index (χ1) is 47.5. The van der Waals surface area contributed by atoms with E-state index < -0.39 is 59.6 Å². The summed E-state index contributed by atoms with van der Waals surface area (Å²) in [6.45, 7) is 13.6. The number of hydrogen-bond donors (Lipinski definition) is 9. The molecule has 6 amide bonds. The van der Waals surface area contributed by atoms with Crippen LogP contribution in [-0.2, 0) is 26.2 Å². The van der Waals surface area contributed by atoms with Crippen molar-refractivity contribution >= 4 is 52.9 Å². The van der Waals surface area contributed by atoms with Crippen molar-refractivity contribution in [1.82, 2.24) is 50.2 Å². The van der Waals surface area contributed by atoms with Crippen molar-refractivity contribution in [3.05, 3.63) is 212 Å². The summed E-state index contributed by atoms with van der Waals surface area (Å²) in [6.07, 6.45) is 4.64. The number of nitrogens with two attached hydrogens (primary N) is 6. The van der Waals surface area contributed by atoms with Crippen LogP contribution in [0.5, 0.6) is 0 Å². The molecule has 11 rings (SSSR count). The third-order valence-electron chi connectivity index (χ3n) is 18.1. The molecular weight excluding hydrogens is 1290 g/mol. The number of anilines is 3. The molecular formula is C73H81F5N16O6. The molecule has 4 heterocycles. The summed E-state index contributed by atoms with van der Waals surface area (Å²) in [4.78, 5) is 75.1. The molecule has 100 heavy (non-hydrogen) atoms. The molecule has 2 atom stereocenters. The number of hydrogen-bond acceptors (Lipinski definition) is 13. The van der Waals surface area contributed by atoms with E-state index in [0.717, 1.165) is 28.7 Å². The second-order valence-electron chi connectivity index (χ2n) is 25.2. The normalized spacial score (nSPS) is 14.6. The van der Waals surface area contributed by atoms with E-state index in [2.05, 4.69) is 33.1 Å². The lowest BCUT2D eigenvalue weighted by Crippen LogP contribution is -2.32. The Morgan fingerprint density at radius 3 is 1.24 bits per heavy atom. The number of aryl methyl sites for hydroxylation is 4. The lowest BCUT2D eigenvalue weighted by molar-refractivity contribution is -0.0257. The Morgan fingerprint density at radius 2 is 0.880 bits per heavy atom. The van der Waals surface area contributed by atoms with E-state index >= 15 is 0 Å². The standard InChI is InChI=1S/C26H29F3N6O2.C26H30FN5O2.C21H22FN5O2/c1-14(2)34-12-20(26(28,29)13-34)35-23(30)21(24(31)36)22(33-35)17-7-5-16(6-8-17)11-32-25(37)19-10-18(27)9-4-15(19)3;1-15-7-12-20(27)13-21(15)26(34)30-14-17-8-10-19(11-9-17)23-22(25(29)33)24(28)32(31-23)16(2)18-5-3-4-6-18;1-3-27-19(23)17(20(24)28)18(26-27)14-7-5-13(6-8-14)11-25-21(29)16-10-15(22)9-4-12(16)2/h4-10,14,20H,11-13,30H2,1-3H3,(H2,31,36)(H,32,37);7-13,16,18H,3-6,14,28H2,1-2H3,(H2,29,33)(H,30,34);4-10H,3,11,23H2,1-2H3,(H2,24,28)(H,25,29). The van der Waals surface area contributed by atoms with Crippen LogP contribution in [0, 0.1) is 44.1 Å². The summed E-state index contributed by atoms with van der Waals surface area (Å²) in [5.74, 6) is -6.95. The molecule has 1 aliphatic heterocycles. The Labute approximate surface area is 574 Å². The molecule has 2 aliphatic rings. The minimum atomic E-state index is -3.10. The molecule has 2 fully saturated rings. The van der Waals surface area contributed by atoms with Gasteiger partial charge in [0.2, 0.25) is 0 Å². The average molecular weight is 1370 g/mol. The van der Waals surface area contributed by atoms with E-state index in [1.165, 1.54) is 60.0 Å². The molecule has 15 N–H and O–H groups in total. The van der Waals surface area contributed by atoms with E-state index in [0.29, 0.717) is 79.7 Å². The van der Waals surface area contributed by atoms with Gasteiger partial charge < -0.3 is 50.4 Å². The Kier molecular flexibility index (Phi) is 22.7. The fourth-order valence-electron chi connectivity index (χ4n) is 12.3. The molecule has 9 aromatic rings. The SMILES string of the molecule is CCn1nc(-c2ccc(CNC(=O)c3cc(F)ccc3C)cc2)c(C(N)=O)c1N.Cc1ccc(F)cc1C(=O)NCc1ccc(-c2nn(C(C)C3CCCC3)c(N)c2C(N)=O)cc1.Cc1ccc(F)cc1C(=O)NCc1ccc(-c2nn(C3CN(C(C)C)CC3(F)F)c(N)c2C(N)=O)cc1. The molecule has 524 valence electrons. The van der Waals surface area contributed by atoms with Crippen LogP contribution in [0.2, 0.25) is 0 Å². The maximum atomic E-state index is 14.9. The minimum absolute atomic E-state index is 0.0254. The molecule has 22 nitrogen and oxygen atoms in total. The van der Waals surface area contributed by atoms with Crippen LogP contribution in [0.4, 0.5) is 39.4 Å². The van der Waals surface area contributed by atoms with E-state index in [9.17, 15) is 50.7 Å². The third-order valence-corrected chi connectivity index (χ3v) is 18.1. The van der Waals surface area contributed by atoms with Crippen LogP contribution in [0.15, 0.2) is 127 Å². The average Bonchev–Trinajstić information content (AvgIpc) is 1.61. The van der Waals surface area contributed by atoms with Gasteiger partial charge in [0.25, 0.3) is 41.4 Å². The second-order valence-corrected chi connectivity index (χ2v) is 25.2. The first kappa shape index (κ1) is 73.0. The van der Waals surface area contributed by atoms with Gasteiger partial charge in [-0.1, -0.05) is 104 Å². The topological polar surface area (TPSA) is 351 Å². The van der Waals surface area contributed by atoms with Crippen molar-refractivity contribution in [3.8, 4) is 33.8 Å². The summed E-state index contributed by atoms with van der Waals surface area (Å²) in [5, 5.41) is 21.7. The molecule has 0 radical (unpaired) electrons. The first-order valence-corrected chi connectivity index (χ1v) is 32.5. The predicted octanol–water partition coefficient (Wildman–Crippen LogP) is 10.5. The summed E-state index contributed by atoms with van der Waals surface area (Å²) >= 11 is 0. The Bertz CT molecular complexity index is 4520. The highest BCUT2D eigenvalue weighted by Gasteiger charge is 2.51. The fraction of sp³-hybridized carbons (Fsp3) is 0.301. The number of primary amides is 3. The molecule has 1 saturated heterocycles. The molecule has 6 aromatic carbocycles.